The molecule has 2 heterocycles. The van der Waals surface area contributed by atoms with Crippen molar-refractivity contribution in [3.8, 4) is 0 Å². The van der Waals surface area contributed by atoms with E-state index in [-0.39, 0.29) is 6.03 Å². The van der Waals surface area contributed by atoms with E-state index in [1.54, 1.807) is 11.1 Å². The summed E-state index contributed by atoms with van der Waals surface area (Å²) < 4.78 is 0. The van der Waals surface area contributed by atoms with E-state index < -0.39 is 0 Å². The number of nitrogens with one attached hydrogen (secondary N) is 1. The number of hydrogen-bond donors (Lipinski definition) is 1. The van der Waals surface area contributed by atoms with Crippen molar-refractivity contribution < 1.29 is 4.79 Å². The second kappa shape index (κ2) is 3.38. The summed E-state index contributed by atoms with van der Waals surface area (Å²) in [6.07, 6.45) is 1.62. The topological polar surface area (TPSA) is 58.1 Å². The standard InChI is InChI=1S/C8H10N4O/c13-8-9-4-5-12(8)6-7-2-1-3-10-11-7/h1-3H,4-6H2,(H,9,13). The fourth-order valence-corrected chi connectivity index (χ4v) is 1.28. The molecule has 68 valence electrons. The lowest BCUT2D eigenvalue weighted by Crippen LogP contribution is -2.27. The summed E-state index contributed by atoms with van der Waals surface area (Å²) in [6.45, 7) is 2.01. The molecule has 0 radical (unpaired) electrons. The van der Waals surface area contributed by atoms with Crippen LogP contribution in [0.25, 0.3) is 0 Å². The van der Waals surface area contributed by atoms with Gasteiger partial charge in [0.1, 0.15) is 0 Å². The van der Waals surface area contributed by atoms with E-state index in [0.717, 1.165) is 18.8 Å². The summed E-state index contributed by atoms with van der Waals surface area (Å²) in [4.78, 5) is 12.9. The molecule has 1 aliphatic rings. The molecule has 0 atom stereocenters. The van der Waals surface area contributed by atoms with Crippen LogP contribution in [0.15, 0.2) is 18.3 Å². The lowest BCUT2D eigenvalue weighted by molar-refractivity contribution is 0.215. The van der Waals surface area contributed by atoms with Crippen LogP contribution in [0.1, 0.15) is 5.69 Å². The molecule has 0 saturated carbocycles. The highest BCUT2D eigenvalue weighted by Crippen LogP contribution is 2.03. The molecule has 0 aliphatic carbocycles. The third kappa shape index (κ3) is 1.74. The Balaban J connectivity index is 2.02. The zero-order valence-electron chi connectivity index (χ0n) is 7.10. The predicted molar refractivity (Wildman–Crippen MR) is 45.8 cm³/mol. The second-order valence-electron chi connectivity index (χ2n) is 2.87. The monoisotopic (exact) mass is 178 g/mol. The Morgan fingerprint density at radius 3 is 3.15 bits per heavy atom. The second-order valence-corrected chi connectivity index (χ2v) is 2.87. The van der Waals surface area contributed by atoms with Crippen molar-refractivity contribution >= 4 is 6.03 Å². The van der Waals surface area contributed by atoms with Gasteiger partial charge in [0.15, 0.2) is 0 Å². The van der Waals surface area contributed by atoms with Gasteiger partial charge in [0, 0.05) is 19.3 Å². The number of carbonyl (C=O) groups excluding carboxylic acids is 1. The molecule has 1 saturated heterocycles. The minimum absolute atomic E-state index is 0.0225. The fraction of sp³-hybridized carbons (Fsp3) is 0.375. The van der Waals surface area contributed by atoms with Crippen LogP contribution in [0.2, 0.25) is 0 Å². The first kappa shape index (κ1) is 7.97. The number of nitrogens with zero attached hydrogens (tertiary/aromatic N) is 3. The number of hydrogen-bond acceptors (Lipinski definition) is 3. The van der Waals surface area contributed by atoms with Crippen molar-refractivity contribution in [2.45, 2.75) is 6.54 Å². The van der Waals surface area contributed by atoms with Gasteiger partial charge < -0.3 is 10.2 Å². The molecular weight excluding hydrogens is 168 g/mol. The Bertz CT molecular complexity index is 300. The molecule has 1 fully saturated rings. The first-order chi connectivity index (χ1) is 6.36. The average Bonchev–Trinajstić information content (AvgIpc) is 2.54. The molecule has 2 rings (SSSR count). The number of carbonyl (C=O) groups is 1. The minimum atomic E-state index is -0.0225. The fourth-order valence-electron chi connectivity index (χ4n) is 1.28. The lowest BCUT2D eigenvalue weighted by atomic mass is 10.3. The molecule has 0 bridgehead atoms. The van der Waals surface area contributed by atoms with Crippen molar-refractivity contribution in [1.82, 2.24) is 20.4 Å². The van der Waals surface area contributed by atoms with E-state index in [2.05, 4.69) is 15.5 Å². The maximum atomic E-state index is 11.1. The van der Waals surface area contributed by atoms with Crippen LogP contribution in [0.5, 0.6) is 0 Å². The molecule has 13 heavy (non-hydrogen) atoms. The lowest BCUT2D eigenvalue weighted by Gasteiger charge is -2.11. The summed E-state index contributed by atoms with van der Waals surface area (Å²) in [5.74, 6) is 0. The molecule has 1 N–H and O–H groups in total. The average molecular weight is 178 g/mol. The van der Waals surface area contributed by atoms with Gasteiger partial charge in [-0.05, 0) is 12.1 Å². The maximum absolute atomic E-state index is 11.1. The van der Waals surface area contributed by atoms with Crippen molar-refractivity contribution in [3.05, 3.63) is 24.0 Å². The van der Waals surface area contributed by atoms with E-state index in [1.807, 2.05) is 12.1 Å². The first-order valence-corrected chi connectivity index (χ1v) is 4.15. The molecule has 2 amide bonds. The predicted octanol–water partition coefficient (Wildman–Crippen LogP) is 0.00180. The maximum Gasteiger partial charge on any atom is 0.317 e. The SMILES string of the molecule is O=C1NCCN1Cc1cccnn1. The summed E-state index contributed by atoms with van der Waals surface area (Å²) in [5.41, 5.74) is 0.819. The highest BCUT2D eigenvalue weighted by molar-refractivity contribution is 5.76. The third-order valence-electron chi connectivity index (χ3n) is 1.93. The Kier molecular flexibility index (Phi) is 2.08. The molecule has 0 aromatic carbocycles. The Morgan fingerprint density at radius 2 is 2.54 bits per heavy atom. The van der Waals surface area contributed by atoms with Crippen LogP contribution in [0.4, 0.5) is 4.79 Å². The van der Waals surface area contributed by atoms with Crippen LogP contribution in [0.3, 0.4) is 0 Å². The van der Waals surface area contributed by atoms with E-state index in [9.17, 15) is 4.79 Å². The molecule has 1 aromatic heterocycles. The minimum Gasteiger partial charge on any atom is -0.336 e. The molecular formula is C8H10N4O. The van der Waals surface area contributed by atoms with Gasteiger partial charge in [-0.1, -0.05) is 0 Å². The summed E-state index contributed by atoms with van der Waals surface area (Å²) in [5, 5.41) is 10.4. The van der Waals surface area contributed by atoms with Crippen molar-refractivity contribution in [1.29, 1.82) is 0 Å². The van der Waals surface area contributed by atoms with Crippen LogP contribution in [-0.2, 0) is 6.54 Å². The van der Waals surface area contributed by atoms with Gasteiger partial charge in [0.25, 0.3) is 0 Å². The molecule has 0 unspecified atom stereocenters. The molecule has 1 aromatic rings. The van der Waals surface area contributed by atoms with Gasteiger partial charge in [0.05, 0.1) is 12.2 Å². The van der Waals surface area contributed by atoms with E-state index in [4.69, 9.17) is 0 Å². The number of urea groups is 1. The highest BCUT2D eigenvalue weighted by atomic mass is 16.2. The van der Waals surface area contributed by atoms with Crippen molar-refractivity contribution in [2.75, 3.05) is 13.1 Å². The van der Waals surface area contributed by atoms with Crippen LogP contribution in [0, 0.1) is 0 Å². The summed E-state index contributed by atoms with van der Waals surface area (Å²) >= 11 is 0. The van der Waals surface area contributed by atoms with Crippen molar-refractivity contribution in [2.24, 2.45) is 0 Å². The van der Waals surface area contributed by atoms with Gasteiger partial charge in [-0.15, -0.1) is 0 Å². The molecule has 5 nitrogen and oxygen atoms in total. The Morgan fingerprint density at radius 1 is 1.62 bits per heavy atom. The number of aromatic nitrogens is 2. The molecule has 0 spiro atoms. The van der Waals surface area contributed by atoms with Gasteiger partial charge in [-0.3, -0.25) is 0 Å². The quantitative estimate of drug-likeness (QED) is 0.693. The Labute approximate surface area is 75.8 Å². The van der Waals surface area contributed by atoms with Gasteiger partial charge in [0.2, 0.25) is 0 Å². The van der Waals surface area contributed by atoms with Gasteiger partial charge in [-0.25, -0.2) is 4.79 Å². The third-order valence-corrected chi connectivity index (χ3v) is 1.93. The number of amides is 2. The van der Waals surface area contributed by atoms with Gasteiger partial charge in [-0.2, -0.15) is 10.2 Å². The zero-order chi connectivity index (χ0) is 9.10. The normalized spacial score (nSPS) is 16.0. The van der Waals surface area contributed by atoms with Crippen LogP contribution >= 0.6 is 0 Å². The smallest absolute Gasteiger partial charge is 0.317 e. The largest absolute Gasteiger partial charge is 0.336 e. The summed E-state index contributed by atoms with van der Waals surface area (Å²) in [7, 11) is 0. The highest BCUT2D eigenvalue weighted by Gasteiger charge is 2.19. The van der Waals surface area contributed by atoms with E-state index in [0.29, 0.717) is 6.54 Å². The van der Waals surface area contributed by atoms with E-state index in [1.165, 1.54) is 0 Å². The van der Waals surface area contributed by atoms with Crippen molar-refractivity contribution in [3.63, 3.8) is 0 Å². The molecule has 5 heteroatoms. The Hall–Kier alpha value is -1.65. The van der Waals surface area contributed by atoms with E-state index >= 15 is 0 Å². The van der Waals surface area contributed by atoms with Crippen LogP contribution < -0.4 is 5.32 Å². The number of rotatable bonds is 2. The summed E-state index contributed by atoms with van der Waals surface area (Å²) in [6, 6.07) is 3.65. The van der Waals surface area contributed by atoms with Gasteiger partial charge >= 0.3 is 6.03 Å². The molecule has 1 aliphatic heterocycles. The zero-order valence-corrected chi connectivity index (χ0v) is 7.10. The first-order valence-electron chi connectivity index (χ1n) is 4.15. The van der Waals surface area contributed by atoms with Crippen LogP contribution in [-0.4, -0.2) is 34.2 Å².